The number of ether oxygens (including phenoxy) is 2. The van der Waals surface area contributed by atoms with Gasteiger partial charge in [0.25, 0.3) is 0 Å². The summed E-state index contributed by atoms with van der Waals surface area (Å²) in [5.74, 6) is 1.24. The summed E-state index contributed by atoms with van der Waals surface area (Å²) in [4.78, 5) is 17.4. The van der Waals surface area contributed by atoms with Crippen LogP contribution in [-0.2, 0) is 4.74 Å². The summed E-state index contributed by atoms with van der Waals surface area (Å²) >= 11 is 0. The summed E-state index contributed by atoms with van der Waals surface area (Å²) in [6, 6.07) is 7.43. The monoisotopic (exact) mass is 305 g/mol. The Kier molecular flexibility index (Phi) is 4.59. The normalized spacial score (nSPS) is 16.2. The fraction of sp³-hybridized carbons (Fsp3) is 0.500. The largest absolute Gasteiger partial charge is 0.487 e. The van der Waals surface area contributed by atoms with Gasteiger partial charge in [-0.2, -0.15) is 0 Å². The average Bonchev–Trinajstić information content (AvgIpc) is 2.40. The molecule has 1 aromatic rings. The van der Waals surface area contributed by atoms with Gasteiger partial charge in [-0.05, 0) is 45.0 Å². The zero-order chi connectivity index (χ0) is 16.3. The van der Waals surface area contributed by atoms with Crippen LogP contribution in [-0.4, -0.2) is 48.7 Å². The maximum Gasteiger partial charge on any atom is 0.410 e. The van der Waals surface area contributed by atoms with Gasteiger partial charge in [-0.25, -0.2) is 4.79 Å². The minimum absolute atomic E-state index is 0.00411. The van der Waals surface area contributed by atoms with E-state index in [2.05, 4.69) is 4.99 Å². The topological polar surface area (TPSA) is 77.2 Å². The van der Waals surface area contributed by atoms with E-state index in [-0.39, 0.29) is 12.2 Å². The number of amides is 1. The van der Waals surface area contributed by atoms with Crippen molar-refractivity contribution in [2.24, 2.45) is 10.7 Å². The molecule has 0 spiro atoms. The molecule has 0 aliphatic carbocycles. The first-order chi connectivity index (χ1) is 10.3. The Balaban J connectivity index is 1.82. The van der Waals surface area contributed by atoms with Crippen molar-refractivity contribution in [3.05, 3.63) is 29.8 Å². The highest BCUT2D eigenvalue weighted by molar-refractivity contribution is 5.97. The van der Waals surface area contributed by atoms with Gasteiger partial charge in [-0.15, -0.1) is 0 Å². The van der Waals surface area contributed by atoms with E-state index in [1.165, 1.54) is 0 Å². The first-order valence-electron chi connectivity index (χ1n) is 7.26. The van der Waals surface area contributed by atoms with Crippen LogP contribution in [0.1, 0.15) is 26.3 Å². The number of benzene rings is 1. The molecule has 1 aromatic carbocycles. The van der Waals surface area contributed by atoms with Gasteiger partial charge in [0.1, 0.15) is 23.3 Å². The number of hydrogen-bond acceptors (Lipinski definition) is 4. The van der Waals surface area contributed by atoms with Crippen molar-refractivity contribution in [2.45, 2.75) is 32.5 Å². The number of carbonyl (C=O) groups excluding carboxylic acids is 1. The van der Waals surface area contributed by atoms with Crippen molar-refractivity contribution in [1.82, 2.24) is 4.90 Å². The highest BCUT2D eigenvalue weighted by Crippen LogP contribution is 2.20. The third-order valence-corrected chi connectivity index (χ3v) is 3.19. The van der Waals surface area contributed by atoms with Gasteiger partial charge in [-0.1, -0.05) is 0 Å². The van der Waals surface area contributed by atoms with E-state index in [1.807, 2.05) is 45.0 Å². The van der Waals surface area contributed by atoms with Crippen LogP contribution < -0.4 is 10.5 Å². The number of amidine groups is 1. The number of carbonyl (C=O) groups is 1. The van der Waals surface area contributed by atoms with Gasteiger partial charge in [0.05, 0.1) is 13.1 Å². The van der Waals surface area contributed by atoms with E-state index in [1.54, 1.807) is 11.9 Å². The molecule has 2 N–H and O–H groups in total. The molecule has 0 unspecified atom stereocenters. The minimum Gasteiger partial charge on any atom is -0.487 e. The number of aliphatic imine (C=N–C) groups is 1. The number of likely N-dealkylation sites (tertiary alicyclic amines) is 1. The van der Waals surface area contributed by atoms with E-state index in [0.717, 1.165) is 11.3 Å². The average molecular weight is 305 g/mol. The quantitative estimate of drug-likeness (QED) is 0.684. The van der Waals surface area contributed by atoms with E-state index in [0.29, 0.717) is 18.9 Å². The van der Waals surface area contributed by atoms with Gasteiger partial charge in [0, 0.05) is 12.6 Å². The Hall–Kier alpha value is -2.24. The molecular weight excluding hydrogens is 282 g/mol. The van der Waals surface area contributed by atoms with Gasteiger partial charge >= 0.3 is 6.09 Å². The van der Waals surface area contributed by atoms with E-state index < -0.39 is 5.60 Å². The molecule has 1 saturated heterocycles. The SMILES string of the molecule is C/N=C(\N)c1ccc(OC2CN(C(=O)OC(C)(C)C)C2)cc1. The highest BCUT2D eigenvalue weighted by Gasteiger charge is 2.35. The molecule has 1 amide bonds. The molecule has 1 aliphatic rings. The third-order valence-electron chi connectivity index (χ3n) is 3.19. The third kappa shape index (κ3) is 4.13. The predicted molar refractivity (Wildman–Crippen MR) is 85.3 cm³/mol. The number of rotatable bonds is 3. The lowest BCUT2D eigenvalue weighted by Gasteiger charge is -2.39. The summed E-state index contributed by atoms with van der Waals surface area (Å²) in [5.41, 5.74) is 6.12. The second kappa shape index (κ2) is 6.25. The maximum atomic E-state index is 11.8. The first kappa shape index (κ1) is 16.1. The Bertz CT molecular complexity index is 555. The number of nitrogens with two attached hydrogens (primary N) is 1. The molecule has 1 aliphatic heterocycles. The van der Waals surface area contributed by atoms with E-state index >= 15 is 0 Å². The first-order valence-corrected chi connectivity index (χ1v) is 7.26. The zero-order valence-corrected chi connectivity index (χ0v) is 13.5. The van der Waals surface area contributed by atoms with Crippen LogP contribution in [0.4, 0.5) is 4.79 Å². The number of hydrogen-bond donors (Lipinski definition) is 1. The summed E-state index contributed by atoms with van der Waals surface area (Å²) in [7, 11) is 1.65. The minimum atomic E-state index is -0.473. The van der Waals surface area contributed by atoms with Crippen LogP contribution >= 0.6 is 0 Å². The Morgan fingerprint density at radius 2 is 1.86 bits per heavy atom. The van der Waals surface area contributed by atoms with Crippen molar-refractivity contribution in [3.63, 3.8) is 0 Å². The van der Waals surface area contributed by atoms with Crippen molar-refractivity contribution in [2.75, 3.05) is 20.1 Å². The van der Waals surface area contributed by atoms with Crippen LogP contribution in [0.15, 0.2) is 29.3 Å². The van der Waals surface area contributed by atoms with Crippen LogP contribution in [0.25, 0.3) is 0 Å². The number of nitrogens with zero attached hydrogens (tertiary/aromatic N) is 2. The molecule has 2 rings (SSSR count). The summed E-state index contributed by atoms with van der Waals surface area (Å²) in [6.07, 6.45) is -0.301. The van der Waals surface area contributed by atoms with Gasteiger partial charge < -0.3 is 20.1 Å². The van der Waals surface area contributed by atoms with Crippen molar-refractivity contribution in [1.29, 1.82) is 0 Å². The summed E-state index contributed by atoms with van der Waals surface area (Å²) in [5, 5.41) is 0. The standard InChI is InChI=1S/C16H23N3O3/c1-16(2,3)22-15(20)19-9-13(10-19)21-12-7-5-11(6-8-12)14(17)18-4/h5-8,13H,9-10H2,1-4H3,(H2,17,18). The lowest BCUT2D eigenvalue weighted by Crippen LogP contribution is -2.57. The molecule has 0 bridgehead atoms. The molecule has 0 radical (unpaired) electrons. The molecule has 0 atom stereocenters. The van der Waals surface area contributed by atoms with Crippen LogP contribution in [0.2, 0.25) is 0 Å². The lowest BCUT2D eigenvalue weighted by atomic mass is 10.1. The maximum absolute atomic E-state index is 11.8. The van der Waals surface area contributed by atoms with Crippen LogP contribution in [0.5, 0.6) is 5.75 Å². The lowest BCUT2D eigenvalue weighted by molar-refractivity contribution is -0.0221. The fourth-order valence-electron chi connectivity index (χ4n) is 2.01. The Morgan fingerprint density at radius 1 is 1.27 bits per heavy atom. The van der Waals surface area contributed by atoms with Crippen molar-refractivity contribution in [3.8, 4) is 5.75 Å². The van der Waals surface area contributed by atoms with Gasteiger partial charge in [-0.3, -0.25) is 4.99 Å². The molecule has 6 heteroatoms. The summed E-state index contributed by atoms with van der Waals surface area (Å²) < 4.78 is 11.1. The molecule has 22 heavy (non-hydrogen) atoms. The smallest absolute Gasteiger partial charge is 0.410 e. The fourth-order valence-corrected chi connectivity index (χ4v) is 2.01. The Morgan fingerprint density at radius 3 is 2.36 bits per heavy atom. The predicted octanol–water partition coefficient (Wildman–Crippen LogP) is 2.02. The molecule has 1 heterocycles. The van der Waals surface area contributed by atoms with Crippen molar-refractivity contribution >= 4 is 11.9 Å². The van der Waals surface area contributed by atoms with Gasteiger partial charge in [0.15, 0.2) is 0 Å². The van der Waals surface area contributed by atoms with E-state index in [9.17, 15) is 4.79 Å². The molecule has 1 fully saturated rings. The van der Waals surface area contributed by atoms with Gasteiger partial charge in [0.2, 0.25) is 0 Å². The summed E-state index contributed by atoms with van der Waals surface area (Å²) in [6.45, 7) is 6.63. The Labute approximate surface area is 130 Å². The second-order valence-electron chi connectivity index (χ2n) is 6.26. The second-order valence-corrected chi connectivity index (χ2v) is 6.26. The van der Waals surface area contributed by atoms with Crippen LogP contribution in [0.3, 0.4) is 0 Å². The molecule has 0 saturated carbocycles. The van der Waals surface area contributed by atoms with Crippen LogP contribution in [0, 0.1) is 0 Å². The molecule has 6 nitrogen and oxygen atoms in total. The molecule has 120 valence electrons. The van der Waals surface area contributed by atoms with Crippen molar-refractivity contribution < 1.29 is 14.3 Å². The molecular formula is C16H23N3O3. The highest BCUT2D eigenvalue weighted by atomic mass is 16.6. The zero-order valence-electron chi connectivity index (χ0n) is 13.5. The molecule has 0 aromatic heterocycles. The van der Waals surface area contributed by atoms with E-state index in [4.69, 9.17) is 15.2 Å².